The van der Waals surface area contributed by atoms with E-state index in [-0.39, 0.29) is 41.9 Å². The maximum Gasteiger partial charge on any atom is 0.407 e. The van der Waals surface area contributed by atoms with Gasteiger partial charge in [-0.05, 0) is 125 Å². The Morgan fingerprint density at radius 3 is 2.41 bits per heavy atom. The van der Waals surface area contributed by atoms with Gasteiger partial charge in [0, 0.05) is 42.1 Å². The van der Waals surface area contributed by atoms with Crippen LogP contribution >= 0.6 is 11.6 Å². The number of carbonyl (C=O) groups excluding carboxylic acids is 5. The molecule has 4 aromatic rings. The normalized spacial score (nSPS) is 19.0. The van der Waals surface area contributed by atoms with Gasteiger partial charge >= 0.3 is 6.09 Å². The number of anilines is 1. The molecule has 296 valence electrons. The van der Waals surface area contributed by atoms with Gasteiger partial charge in [-0.1, -0.05) is 41.9 Å². The van der Waals surface area contributed by atoms with Crippen molar-refractivity contribution in [2.45, 2.75) is 90.3 Å². The monoisotopic (exact) mass is 783 g/mol. The van der Waals surface area contributed by atoms with Crippen molar-refractivity contribution in [3.05, 3.63) is 82.5 Å². The predicted octanol–water partition coefficient (Wildman–Crippen LogP) is 6.20. The number of aryl methyl sites for hydroxylation is 1. The standard InChI is InChI=1S/C42H50ClN7O6/c1-24-20-29(38(52)47-33-6-5-19-44-39(33)53)15-17-31(24)27-11-7-25(8-12-27)21-35(40(54)46-30-16-18-32-34(22-30)49-50-36(32)43)48-37(51)28-13-9-26(10-14-28)23-45-41(55)56-42(2,3)4/h7-8,11-12,15-18,20,22,26,28,33,35H,5-6,9-10,13-14,19,21,23H2,1-4H3,(H,44,53)(H,45,55)(H,46,54)(H,47,52)(H,48,51)(H,49,50)/t26?,28?,33-,35?/m0/s1. The van der Waals surface area contributed by atoms with Crippen molar-refractivity contribution in [2.75, 3.05) is 18.4 Å². The molecule has 1 unspecified atom stereocenters. The lowest BCUT2D eigenvalue weighted by molar-refractivity contribution is -0.130. The van der Waals surface area contributed by atoms with Crippen LogP contribution in [0.1, 0.15) is 80.8 Å². The smallest absolute Gasteiger partial charge is 0.407 e. The van der Waals surface area contributed by atoms with Gasteiger partial charge in [0.25, 0.3) is 5.91 Å². The Kier molecular flexibility index (Phi) is 12.6. The van der Waals surface area contributed by atoms with Crippen molar-refractivity contribution in [1.82, 2.24) is 31.5 Å². The molecule has 5 amide bonds. The lowest BCUT2D eigenvalue weighted by Gasteiger charge is -2.29. The van der Waals surface area contributed by atoms with E-state index in [4.69, 9.17) is 16.3 Å². The topological polar surface area (TPSA) is 183 Å². The van der Waals surface area contributed by atoms with Gasteiger partial charge in [0.05, 0.1) is 5.52 Å². The van der Waals surface area contributed by atoms with E-state index in [9.17, 15) is 24.0 Å². The Balaban J connectivity index is 1.11. The molecule has 13 nitrogen and oxygen atoms in total. The summed E-state index contributed by atoms with van der Waals surface area (Å²) in [5.74, 6) is -1.03. The highest BCUT2D eigenvalue weighted by molar-refractivity contribution is 6.34. The molecule has 1 aromatic heterocycles. The first-order valence-corrected chi connectivity index (χ1v) is 19.6. The van der Waals surface area contributed by atoms with Crippen molar-refractivity contribution in [2.24, 2.45) is 11.8 Å². The number of alkyl carbamates (subject to hydrolysis) is 1. The largest absolute Gasteiger partial charge is 0.444 e. The highest BCUT2D eigenvalue weighted by Crippen LogP contribution is 2.30. The molecule has 0 bridgehead atoms. The van der Waals surface area contributed by atoms with Gasteiger partial charge in [-0.25, -0.2) is 4.79 Å². The van der Waals surface area contributed by atoms with Crippen molar-refractivity contribution in [3.8, 4) is 11.1 Å². The number of amides is 5. The molecular formula is C42H50ClN7O6. The molecule has 14 heteroatoms. The van der Waals surface area contributed by atoms with Crippen LogP contribution in [-0.2, 0) is 25.5 Å². The van der Waals surface area contributed by atoms with Crippen LogP contribution < -0.4 is 26.6 Å². The quantitative estimate of drug-likeness (QED) is 0.105. The molecule has 1 saturated heterocycles. The maximum atomic E-state index is 13.9. The fourth-order valence-corrected chi connectivity index (χ4v) is 7.49. The zero-order valence-electron chi connectivity index (χ0n) is 32.2. The Bertz CT molecular complexity index is 2090. The molecule has 56 heavy (non-hydrogen) atoms. The van der Waals surface area contributed by atoms with Crippen LogP contribution in [0.25, 0.3) is 22.0 Å². The molecule has 1 aliphatic carbocycles. The highest BCUT2D eigenvalue weighted by atomic mass is 35.5. The number of nitrogens with one attached hydrogen (secondary N) is 6. The molecular weight excluding hydrogens is 734 g/mol. The summed E-state index contributed by atoms with van der Waals surface area (Å²) in [5, 5.41) is 22.5. The number of benzene rings is 3. The molecule has 6 N–H and O–H groups in total. The molecule has 2 heterocycles. The second-order valence-electron chi connectivity index (χ2n) is 15.8. The number of fused-ring (bicyclic) bond motifs is 1. The summed E-state index contributed by atoms with van der Waals surface area (Å²) in [6.07, 6.45) is 4.04. The second-order valence-corrected chi connectivity index (χ2v) is 16.2. The zero-order chi connectivity index (χ0) is 40.0. The summed E-state index contributed by atoms with van der Waals surface area (Å²) in [4.78, 5) is 64.7. The average Bonchev–Trinajstić information content (AvgIpc) is 3.53. The minimum absolute atomic E-state index is 0.160. The summed E-state index contributed by atoms with van der Waals surface area (Å²) < 4.78 is 5.35. The van der Waals surface area contributed by atoms with Crippen LogP contribution in [-0.4, -0.2) is 70.7 Å². The summed E-state index contributed by atoms with van der Waals surface area (Å²) >= 11 is 6.18. The Morgan fingerprint density at radius 2 is 1.71 bits per heavy atom. The first-order valence-electron chi connectivity index (χ1n) is 19.2. The molecule has 2 aliphatic rings. The van der Waals surface area contributed by atoms with E-state index in [1.54, 1.807) is 24.3 Å². The number of aromatic amines is 1. The van der Waals surface area contributed by atoms with Crippen LogP contribution in [0.15, 0.2) is 60.7 Å². The van der Waals surface area contributed by atoms with Gasteiger partial charge in [0.15, 0.2) is 0 Å². The number of H-pyrrole nitrogens is 1. The van der Waals surface area contributed by atoms with E-state index in [2.05, 4.69) is 36.8 Å². The summed E-state index contributed by atoms with van der Waals surface area (Å²) in [7, 11) is 0. The lowest BCUT2D eigenvalue weighted by atomic mass is 9.81. The highest BCUT2D eigenvalue weighted by Gasteiger charge is 2.31. The SMILES string of the molecule is Cc1cc(C(=O)N[C@H]2CCCNC2=O)ccc1-c1ccc(CC(NC(=O)C2CCC(CNC(=O)OC(C)(C)C)CC2)C(=O)Nc2ccc3c(Cl)[nH]nc3c2)cc1. The fraction of sp³-hybridized carbons (Fsp3) is 0.429. The summed E-state index contributed by atoms with van der Waals surface area (Å²) in [6.45, 7) is 8.50. The van der Waals surface area contributed by atoms with Gasteiger partial charge in [-0.2, -0.15) is 5.10 Å². The van der Waals surface area contributed by atoms with E-state index >= 15 is 0 Å². The van der Waals surface area contributed by atoms with Gasteiger partial charge in [-0.15, -0.1) is 0 Å². The third-order valence-electron chi connectivity index (χ3n) is 10.3. The molecule has 2 atom stereocenters. The number of halogens is 1. The van der Waals surface area contributed by atoms with Crippen molar-refractivity contribution < 1.29 is 28.7 Å². The molecule has 6 rings (SSSR count). The first-order chi connectivity index (χ1) is 26.7. The van der Waals surface area contributed by atoms with Crippen molar-refractivity contribution >= 4 is 57.9 Å². The van der Waals surface area contributed by atoms with E-state index in [1.165, 1.54) is 0 Å². The number of hydrogen-bond donors (Lipinski definition) is 6. The molecule has 2 fully saturated rings. The number of aromatic nitrogens is 2. The van der Waals surface area contributed by atoms with Crippen LogP contribution in [0, 0.1) is 18.8 Å². The van der Waals surface area contributed by atoms with Crippen molar-refractivity contribution in [3.63, 3.8) is 0 Å². The minimum Gasteiger partial charge on any atom is -0.444 e. The van der Waals surface area contributed by atoms with E-state index in [1.807, 2.05) is 64.1 Å². The number of ether oxygens (including phenoxy) is 1. The van der Waals surface area contributed by atoms with E-state index in [0.29, 0.717) is 54.3 Å². The fourth-order valence-electron chi connectivity index (χ4n) is 7.29. The zero-order valence-corrected chi connectivity index (χ0v) is 33.0. The molecule has 1 saturated carbocycles. The number of rotatable bonds is 11. The Morgan fingerprint density at radius 1 is 0.964 bits per heavy atom. The number of carbonyl (C=O) groups is 5. The molecule has 0 radical (unpaired) electrons. The number of hydrogen-bond acceptors (Lipinski definition) is 7. The van der Waals surface area contributed by atoms with Crippen molar-refractivity contribution in [1.29, 1.82) is 0 Å². The minimum atomic E-state index is -0.871. The summed E-state index contributed by atoms with van der Waals surface area (Å²) in [6, 6.07) is 17.1. The van der Waals surface area contributed by atoms with E-state index < -0.39 is 23.8 Å². The number of nitrogens with zero attached hydrogens (tertiary/aromatic N) is 1. The van der Waals surface area contributed by atoms with Crippen LogP contribution in [0.3, 0.4) is 0 Å². The third-order valence-corrected chi connectivity index (χ3v) is 10.6. The van der Waals surface area contributed by atoms with Gasteiger partial charge in [-0.3, -0.25) is 24.3 Å². The predicted molar refractivity (Wildman–Crippen MR) is 215 cm³/mol. The Labute approximate surface area is 331 Å². The third kappa shape index (κ3) is 10.4. The summed E-state index contributed by atoms with van der Waals surface area (Å²) in [5.41, 5.74) is 4.64. The first kappa shape index (κ1) is 40.2. The maximum absolute atomic E-state index is 13.9. The Hall–Kier alpha value is -5.43. The van der Waals surface area contributed by atoms with Crippen LogP contribution in [0.5, 0.6) is 0 Å². The molecule has 1 aliphatic heterocycles. The van der Waals surface area contributed by atoms with Gasteiger partial charge < -0.3 is 31.3 Å². The second kappa shape index (κ2) is 17.6. The lowest BCUT2D eigenvalue weighted by Crippen LogP contribution is -2.50. The van der Waals surface area contributed by atoms with Crippen LogP contribution in [0.4, 0.5) is 10.5 Å². The molecule has 3 aromatic carbocycles. The average molecular weight is 784 g/mol. The molecule has 0 spiro atoms. The van der Waals surface area contributed by atoms with Crippen LogP contribution in [0.2, 0.25) is 5.15 Å². The van der Waals surface area contributed by atoms with Gasteiger partial charge in [0.2, 0.25) is 17.7 Å². The van der Waals surface area contributed by atoms with E-state index in [0.717, 1.165) is 46.9 Å². The van der Waals surface area contributed by atoms with Gasteiger partial charge in [0.1, 0.15) is 22.8 Å². The number of piperidine rings is 1.